The molecule has 21 heavy (non-hydrogen) atoms. The van der Waals surface area contributed by atoms with Gasteiger partial charge < -0.3 is 16.0 Å². The van der Waals surface area contributed by atoms with E-state index < -0.39 is 10.0 Å². The molecule has 0 radical (unpaired) electrons. The maximum atomic E-state index is 11.7. The number of amides is 1. The number of carbonyl (C=O) groups excluding carboxylic acids is 1. The Morgan fingerprint density at radius 3 is 2.67 bits per heavy atom. The van der Waals surface area contributed by atoms with Crippen molar-refractivity contribution >= 4 is 27.3 Å². The summed E-state index contributed by atoms with van der Waals surface area (Å²) in [6, 6.07) is 4.89. The summed E-state index contributed by atoms with van der Waals surface area (Å²) in [5, 5.41) is 3.28. The average molecular weight is 312 g/mol. The van der Waals surface area contributed by atoms with E-state index in [2.05, 4.69) is 10.0 Å². The molecule has 1 heterocycles. The molecule has 1 unspecified atom stereocenters. The molecule has 1 aromatic rings. The smallest absolute Gasteiger partial charge is 0.242 e. The summed E-state index contributed by atoms with van der Waals surface area (Å²) in [6.07, 6.45) is 1.26. The van der Waals surface area contributed by atoms with Crippen molar-refractivity contribution in [2.24, 2.45) is 0 Å². The molecule has 1 saturated heterocycles. The Balaban J connectivity index is 2.13. The van der Waals surface area contributed by atoms with E-state index in [0.717, 1.165) is 12.1 Å². The molecule has 0 aromatic heterocycles. The number of sulfonamides is 1. The van der Waals surface area contributed by atoms with Crippen molar-refractivity contribution in [3.8, 4) is 0 Å². The number of likely N-dealkylation sites (tertiary alicyclic amines) is 1. The van der Waals surface area contributed by atoms with Crippen LogP contribution in [0.5, 0.6) is 0 Å². The van der Waals surface area contributed by atoms with Crippen LogP contribution in [0.1, 0.15) is 12.8 Å². The second-order valence-corrected chi connectivity index (χ2v) is 6.97. The molecule has 1 aromatic carbocycles. The van der Waals surface area contributed by atoms with Gasteiger partial charge in [0.05, 0.1) is 5.69 Å². The Bertz CT molecular complexity index is 645. The zero-order valence-corrected chi connectivity index (χ0v) is 12.9. The molecular formula is C13H20N4O3S. The highest BCUT2D eigenvalue weighted by Crippen LogP contribution is 2.24. The molecule has 1 aliphatic heterocycles. The minimum atomic E-state index is -3.55. The van der Waals surface area contributed by atoms with E-state index in [1.165, 1.54) is 13.1 Å². The number of rotatable bonds is 4. The Kier molecular flexibility index (Phi) is 4.38. The van der Waals surface area contributed by atoms with Gasteiger partial charge in [-0.25, -0.2) is 13.1 Å². The van der Waals surface area contributed by atoms with Crippen LogP contribution in [0.2, 0.25) is 0 Å². The van der Waals surface area contributed by atoms with Crippen LogP contribution in [0.25, 0.3) is 0 Å². The Morgan fingerprint density at radius 2 is 2.10 bits per heavy atom. The summed E-state index contributed by atoms with van der Waals surface area (Å²) in [4.78, 5) is 13.2. The zero-order valence-electron chi connectivity index (χ0n) is 12.1. The van der Waals surface area contributed by atoms with Gasteiger partial charge in [0.2, 0.25) is 15.9 Å². The molecule has 8 heteroatoms. The van der Waals surface area contributed by atoms with E-state index >= 15 is 0 Å². The highest BCUT2D eigenvalue weighted by molar-refractivity contribution is 7.89. The third-order valence-corrected chi connectivity index (χ3v) is 5.05. The first-order valence-corrected chi connectivity index (χ1v) is 8.15. The van der Waals surface area contributed by atoms with Crippen LogP contribution in [0.4, 0.5) is 11.4 Å². The van der Waals surface area contributed by atoms with E-state index in [4.69, 9.17) is 5.73 Å². The molecular weight excluding hydrogens is 292 g/mol. The SMILES string of the molecule is CNS(=O)(=O)c1ccc(NC2CCC(=O)N(C)C2)cc1N. The highest BCUT2D eigenvalue weighted by Gasteiger charge is 2.23. The summed E-state index contributed by atoms with van der Waals surface area (Å²) in [5.74, 6) is 0.142. The number of piperidine rings is 1. The number of anilines is 2. The fourth-order valence-corrected chi connectivity index (χ4v) is 3.20. The lowest BCUT2D eigenvalue weighted by Crippen LogP contribution is -2.43. The highest BCUT2D eigenvalue weighted by atomic mass is 32.2. The largest absolute Gasteiger partial charge is 0.398 e. The molecule has 116 valence electrons. The summed E-state index contributed by atoms with van der Waals surface area (Å²) >= 11 is 0. The van der Waals surface area contributed by atoms with Crippen molar-refractivity contribution in [3.63, 3.8) is 0 Å². The summed E-state index contributed by atoms with van der Waals surface area (Å²) in [6.45, 7) is 0.620. The van der Waals surface area contributed by atoms with Gasteiger partial charge in [-0.1, -0.05) is 0 Å². The number of nitrogens with two attached hydrogens (primary N) is 1. The Labute approximate surface area is 124 Å². The third kappa shape index (κ3) is 3.45. The quantitative estimate of drug-likeness (QED) is 0.689. The van der Waals surface area contributed by atoms with Gasteiger partial charge in [0.1, 0.15) is 4.90 Å². The second kappa shape index (κ2) is 5.90. The molecule has 1 atom stereocenters. The Morgan fingerprint density at radius 1 is 1.38 bits per heavy atom. The number of nitrogens with one attached hydrogen (secondary N) is 2. The molecule has 2 rings (SSSR count). The molecule has 4 N–H and O–H groups in total. The van der Waals surface area contributed by atoms with Crippen LogP contribution in [-0.4, -0.2) is 45.9 Å². The minimum absolute atomic E-state index is 0.0616. The number of likely N-dealkylation sites (N-methyl/N-ethyl adjacent to an activating group) is 1. The van der Waals surface area contributed by atoms with E-state index in [0.29, 0.717) is 13.0 Å². The normalized spacial score (nSPS) is 19.6. The van der Waals surface area contributed by atoms with Crippen molar-refractivity contribution in [2.75, 3.05) is 31.7 Å². The lowest BCUT2D eigenvalue weighted by atomic mass is 10.1. The van der Waals surface area contributed by atoms with Crippen molar-refractivity contribution in [1.29, 1.82) is 0 Å². The van der Waals surface area contributed by atoms with Gasteiger partial charge in [-0.3, -0.25) is 4.79 Å². The first kappa shape index (κ1) is 15.6. The number of nitrogen functional groups attached to an aromatic ring is 1. The van der Waals surface area contributed by atoms with Gasteiger partial charge in [-0.15, -0.1) is 0 Å². The van der Waals surface area contributed by atoms with Crippen molar-refractivity contribution in [1.82, 2.24) is 9.62 Å². The van der Waals surface area contributed by atoms with Gasteiger partial charge in [-0.05, 0) is 31.7 Å². The van der Waals surface area contributed by atoms with E-state index in [9.17, 15) is 13.2 Å². The molecule has 0 spiro atoms. The van der Waals surface area contributed by atoms with E-state index in [1.54, 1.807) is 24.1 Å². The lowest BCUT2D eigenvalue weighted by Gasteiger charge is -2.30. The van der Waals surface area contributed by atoms with Crippen LogP contribution in [0.15, 0.2) is 23.1 Å². The van der Waals surface area contributed by atoms with Gasteiger partial charge in [-0.2, -0.15) is 0 Å². The van der Waals surface area contributed by atoms with Crippen molar-refractivity contribution < 1.29 is 13.2 Å². The zero-order chi connectivity index (χ0) is 15.6. The monoisotopic (exact) mass is 312 g/mol. The van der Waals surface area contributed by atoms with Crippen LogP contribution in [0, 0.1) is 0 Å². The first-order valence-electron chi connectivity index (χ1n) is 6.67. The third-order valence-electron chi connectivity index (χ3n) is 3.57. The van der Waals surface area contributed by atoms with Gasteiger partial charge >= 0.3 is 0 Å². The Hall–Kier alpha value is -1.80. The maximum Gasteiger partial charge on any atom is 0.242 e. The van der Waals surface area contributed by atoms with Crippen LogP contribution in [-0.2, 0) is 14.8 Å². The number of nitrogens with zero attached hydrogens (tertiary/aromatic N) is 1. The molecule has 7 nitrogen and oxygen atoms in total. The predicted molar refractivity (Wildman–Crippen MR) is 81.4 cm³/mol. The number of benzene rings is 1. The molecule has 0 aliphatic carbocycles. The second-order valence-electron chi connectivity index (χ2n) is 5.11. The topological polar surface area (TPSA) is 105 Å². The number of carbonyl (C=O) groups is 1. The van der Waals surface area contributed by atoms with Gasteiger partial charge in [0, 0.05) is 31.7 Å². The van der Waals surface area contributed by atoms with E-state index in [-0.39, 0.29) is 22.5 Å². The predicted octanol–water partition coefficient (Wildman–Crippen LogP) is 0.210. The van der Waals surface area contributed by atoms with Crippen LogP contribution in [0.3, 0.4) is 0 Å². The summed E-state index contributed by atoms with van der Waals surface area (Å²) in [5.41, 5.74) is 6.75. The molecule has 1 aliphatic rings. The maximum absolute atomic E-state index is 11.7. The lowest BCUT2D eigenvalue weighted by molar-refractivity contribution is -0.132. The molecule has 0 bridgehead atoms. The standard InChI is InChI=1S/C13H20N4O3S/c1-15-21(19,20)12-5-3-9(7-11(12)14)16-10-4-6-13(18)17(2)8-10/h3,5,7,10,15-16H,4,6,8,14H2,1-2H3. The van der Waals surface area contributed by atoms with Crippen molar-refractivity contribution in [2.45, 2.75) is 23.8 Å². The first-order chi connectivity index (χ1) is 9.83. The fourth-order valence-electron chi connectivity index (χ4n) is 2.36. The number of hydrogen-bond acceptors (Lipinski definition) is 5. The fraction of sp³-hybridized carbons (Fsp3) is 0.462. The summed E-state index contributed by atoms with van der Waals surface area (Å²) < 4.78 is 25.7. The molecule has 1 fully saturated rings. The number of hydrogen-bond donors (Lipinski definition) is 3. The van der Waals surface area contributed by atoms with Crippen molar-refractivity contribution in [3.05, 3.63) is 18.2 Å². The molecule has 1 amide bonds. The molecule has 0 saturated carbocycles. The minimum Gasteiger partial charge on any atom is -0.398 e. The van der Waals surface area contributed by atoms with E-state index in [1.807, 2.05) is 0 Å². The summed E-state index contributed by atoms with van der Waals surface area (Å²) in [7, 11) is -0.436. The van der Waals surface area contributed by atoms with Crippen LogP contribution < -0.4 is 15.8 Å². The average Bonchev–Trinajstić information content (AvgIpc) is 2.43. The van der Waals surface area contributed by atoms with Gasteiger partial charge in [0.25, 0.3) is 0 Å². The van der Waals surface area contributed by atoms with Gasteiger partial charge in [0.15, 0.2) is 0 Å². The van der Waals surface area contributed by atoms with Crippen LogP contribution >= 0.6 is 0 Å².